The molecule has 8 amide bonds. The Bertz CT molecular complexity index is 2480. The van der Waals surface area contributed by atoms with E-state index in [-0.39, 0.29) is 96.4 Å². The Morgan fingerprint density at radius 1 is 0.487 bits per heavy atom. The minimum absolute atomic E-state index is 0.0573. The fraction of sp³-hybridized carbons (Fsp3) is 0.552. The Morgan fingerprint density at radius 2 is 0.868 bits per heavy atom. The van der Waals surface area contributed by atoms with Gasteiger partial charge < -0.3 is 52.3 Å². The first-order chi connectivity index (χ1) is 36.7. The van der Waals surface area contributed by atoms with Gasteiger partial charge in [-0.25, -0.2) is 0 Å². The maximum absolute atomic E-state index is 14.6. The zero-order chi connectivity index (χ0) is 53.6. The van der Waals surface area contributed by atoms with E-state index >= 15 is 0 Å². The number of likely N-dealkylation sites (tertiary alicyclic amines) is 2. The first kappa shape index (κ1) is 54.1. The highest BCUT2D eigenvalue weighted by molar-refractivity contribution is 5.99. The molecule has 10 atom stereocenters. The number of nitrogens with zero attached hydrogens (tertiary/aromatic N) is 2. The summed E-state index contributed by atoms with van der Waals surface area (Å²) >= 11 is 0. The summed E-state index contributed by atoms with van der Waals surface area (Å²) in [5.74, 6) is -2.99. The van der Waals surface area contributed by atoms with Crippen LogP contribution in [0.5, 0.6) is 0 Å². The van der Waals surface area contributed by atoms with Crippen LogP contribution in [0.25, 0.3) is 0 Å². The number of carbonyl (C=O) groups excluding carboxylic acids is 8. The molecule has 3 aromatic carbocycles. The lowest BCUT2D eigenvalue weighted by atomic mass is 9.79. The zero-order valence-corrected chi connectivity index (χ0v) is 44.3. The Balaban J connectivity index is 0.879. The standard InChI is InChI=1S/C58H76N10O8/c1-33(59-3)51(69)65-49(37-17-9-18-37)57(75)67-31-41(29-47(67)55(73)63-45-23-11-15-35-13-5-7-21-43(35)45)61-53(71)39-25-27-40(28-26-39)54(72)62-42-30-48(56(74)64-46-24-12-16-36-14-6-8-22-44(36)46)68(32-42)58(76)50(38-19-10-20-38)66-52(70)34(2)60-4/h5-8,13-14,21-22,25-28,33-34,37-38,41-42,45-50,59-60H,9-12,15-20,23-24,29-32H2,1-4H3,(H,61,71)(H,62,72)(H,63,73)(H,64,74)(H,65,69)(H,66,70)/t33-,34-,41-,42-,45+,46+,47-,48-,49-,50-/m0/s1. The van der Waals surface area contributed by atoms with Gasteiger partial charge in [0.2, 0.25) is 35.4 Å². The molecule has 2 saturated heterocycles. The quantitative estimate of drug-likeness (QED) is 0.0926. The second-order valence-corrected chi connectivity index (χ2v) is 22.1. The van der Waals surface area contributed by atoms with Crippen molar-refractivity contribution in [3.05, 3.63) is 106 Å². The Morgan fingerprint density at radius 3 is 1.22 bits per heavy atom. The fourth-order valence-electron chi connectivity index (χ4n) is 12.0. The van der Waals surface area contributed by atoms with Crippen molar-refractivity contribution in [2.75, 3.05) is 27.2 Å². The third-order valence-electron chi connectivity index (χ3n) is 17.2. The minimum atomic E-state index is -0.902. The molecule has 76 heavy (non-hydrogen) atoms. The molecule has 8 N–H and O–H groups in total. The number of hydrogen-bond donors (Lipinski definition) is 8. The molecule has 0 unspecified atom stereocenters. The van der Waals surface area contributed by atoms with E-state index in [4.69, 9.17) is 0 Å². The first-order valence-electron chi connectivity index (χ1n) is 27.8. The van der Waals surface area contributed by atoms with Gasteiger partial charge in [0.15, 0.2) is 0 Å². The van der Waals surface area contributed by atoms with Crippen LogP contribution in [0.15, 0.2) is 72.8 Å². The molecule has 18 nitrogen and oxygen atoms in total. The van der Waals surface area contributed by atoms with E-state index in [1.165, 1.54) is 20.9 Å². The third kappa shape index (κ3) is 12.0. The number of rotatable bonds is 18. The molecule has 0 aromatic heterocycles. The van der Waals surface area contributed by atoms with Crippen LogP contribution in [-0.2, 0) is 41.6 Å². The minimum Gasteiger partial charge on any atom is -0.347 e. The van der Waals surface area contributed by atoms with Crippen LogP contribution in [-0.4, -0.2) is 133 Å². The monoisotopic (exact) mass is 1040 g/mol. The van der Waals surface area contributed by atoms with E-state index in [1.54, 1.807) is 52.2 Å². The van der Waals surface area contributed by atoms with Gasteiger partial charge in [-0.15, -0.1) is 0 Å². The van der Waals surface area contributed by atoms with Crippen molar-refractivity contribution in [3.63, 3.8) is 0 Å². The number of benzene rings is 3. The van der Waals surface area contributed by atoms with Gasteiger partial charge in [0.25, 0.3) is 11.8 Å². The molecule has 4 fully saturated rings. The highest BCUT2D eigenvalue weighted by atomic mass is 16.2. The van der Waals surface area contributed by atoms with Crippen molar-refractivity contribution in [2.24, 2.45) is 11.8 Å². The van der Waals surface area contributed by atoms with Gasteiger partial charge in [-0.2, -0.15) is 0 Å². The lowest BCUT2D eigenvalue weighted by molar-refractivity contribution is -0.144. The predicted molar refractivity (Wildman–Crippen MR) is 285 cm³/mol. The lowest BCUT2D eigenvalue weighted by Gasteiger charge is -2.37. The summed E-state index contributed by atoms with van der Waals surface area (Å²) in [6.45, 7) is 3.56. The number of carbonyl (C=O) groups is 8. The van der Waals surface area contributed by atoms with Crippen molar-refractivity contribution in [1.82, 2.24) is 52.3 Å². The Labute approximate surface area is 445 Å². The second-order valence-electron chi connectivity index (χ2n) is 22.1. The Hall–Kier alpha value is -6.66. The fourth-order valence-corrected chi connectivity index (χ4v) is 12.0. The Kier molecular flexibility index (Phi) is 17.2. The molecule has 2 aliphatic heterocycles. The number of likely N-dealkylation sites (N-methyl/N-ethyl adjacent to an activating group) is 2. The van der Waals surface area contributed by atoms with Gasteiger partial charge in [0.05, 0.1) is 24.2 Å². The van der Waals surface area contributed by atoms with E-state index in [0.29, 0.717) is 0 Å². The molecule has 2 heterocycles. The molecule has 18 heteroatoms. The number of aryl methyl sites for hydroxylation is 2. The van der Waals surface area contributed by atoms with Crippen LogP contribution in [0, 0.1) is 11.8 Å². The van der Waals surface area contributed by atoms with Gasteiger partial charge in [-0.05, 0) is 163 Å². The van der Waals surface area contributed by atoms with E-state index in [2.05, 4.69) is 54.7 Å². The number of amides is 8. The van der Waals surface area contributed by atoms with Gasteiger partial charge in [0, 0.05) is 36.3 Å². The van der Waals surface area contributed by atoms with Crippen LogP contribution in [0.3, 0.4) is 0 Å². The molecule has 0 spiro atoms. The molecule has 3 aromatic rings. The number of fused-ring (bicyclic) bond motifs is 2. The van der Waals surface area contributed by atoms with Crippen LogP contribution in [0.1, 0.15) is 146 Å². The molecule has 0 bridgehead atoms. The van der Waals surface area contributed by atoms with Gasteiger partial charge in [-0.1, -0.05) is 61.4 Å². The van der Waals surface area contributed by atoms with Gasteiger partial charge in [-0.3, -0.25) is 38.4 Å². The molecule has 4 aliphatic carbocycles. The van der Waals surface area contributed by atoms with Crippen LogP contribution >= 0.6 is 0 Å². The molecular weight excluding hydrogens is 965 g/mol. The van der Waals surface area contributed by atoms with E-state index in [1.807, 2.05) is 36.4 Å². The van der Waals surface area contributed by atoms with Gasteiger partial charge in [0.1, 0.15) is 24.2 Å². The smallest absolute Gasteiger partial charge is 0.251 e. The molecule has 6 aliphatic rings. The zero-order valence-electron chi connectivity index (χ0n) is 44.3. The van der Waals surface area contributed by atoms with E-state index < -0.39 is 60.1 Å². The molecule has 406 valence electrons. The van der Waals surface area contributed by atoms with Crippen LogP contribution in [0.4, 0.5) is 0 Å². The van der Waals surface area contributed by atoms with Crippen LogP contribution in [0.2, 0.25) is 0 Å². The molecule has 9 rings (SSSR count). The second kappa shape index (κ2) is 24.1. The average Bonchev–Trinajstić information content (AvgIpc) is 4.03. The predicted octanol–water partition coefficient (Wildman–Crippen LogP) is 3.26. The highest BCUT2D eigenvalue weighted by Crippen LogP contribution is 2.36. The summed E-state index contributed by atoms with van der Waals surface area (Å²) in [7, 11) is 3.36. The summed E-state index contributed by atoms with van der Waals surface area (Å²) in [5.41, 5.74) is 5.00. The lowest BCUT2D eigenvalue weighted by Crippen LogP contribution is -2.59. The van der Waals surface area contributed by atoms with Crippen molar-refractivity contribution >= 4 is 47.3 Å². The third-order valence-corrected chi connectivity index (χ3v) is 17.2. The van der Waals surface area contributed by atoms with Crippen molar-refractivity contribution in [3.8, 4) is 0 Å². The maximum atomic E-state index is 14.6. The molecule has 2 saturated carbocycles. The van der Waals surface area contributed by atoms with E-state index in [9.17, 15) is 38.4 Å². The van der Waals surface area contributed by atoms with Crippen LogP contribution < -0.4 is 42.5 Å². The van der Waals surface area contributed by atoms with Crippen molar-refractivity contribution < 1.29 is 38.4 Å². The normalized spacial score (nSPS) is 24.7. The molecule has 0 radical (unpaired) electrons. The largest absolute Gasteiger partial charge is 0.347 e. The average molecular weight is 1040 g/mol. The number of hydrogen-bond acceptors (Lipinski definition) is 10. The SMILES string of the molecule is CN[C@@H](C)C(=O)N[C@H](C(=O)N1C[C@@H](NC(=O)c2ccc(C(=O)N[C@H]3C[C@@H](C(=O)N[C@@H]4CCCc5ccccc54)N(C(=O)[C@@H](NC(=O)[C@H](C)NC)C4CCC4)C3)cc2)C[C@H]1C(=O)N[C@@H]1CCCc2ccccc21)C1CCC1. The highest BCUT2D eigenvalue weighted by Gasteiger charge is 2.48. The van der Waals surface area contributed by atoms with Crippen molar-refractivity contribution in [1.29, 1.82) is 0 Å². The van der Waals surface area contributed by atoms with Crippen molar-refractivity contribution in [2.45, 2.75) is 164 Å². The summed E-state index contributed by atoms with van der Waals surface area (Å²) in [6, 6.07) is 16.1. The number of nitrogens with one attached hydrogen (secondary N) is 8. The topological polar surface area (TPSA) is 239 Å². The summed E-state index contributed by atoms with van der Waals surface area (Å²) < 4.78 is 0. The van der Waals surface area contributed by atoms with Gasteiger partial charge >= 0.3 is 0 Å². The summed E-state index contributed by atoms with van der Waals surface area (Å²) in [6.07, 6.45) is 10.4. The molecular formula is C58H76N10O8. The summed E-state index contributed by atoms with van der Waals surface area (Å²) in [4.78, 5) is 115. The maximum Gasteiger partial charge on any atom is 0.251 e. The van der Waals surface area contributed by atoms with E-state index in [0.717, 1.165) is 88.2 Å². The first-order valence-corrected chi connectivity index (χ1v) is 27.8. The summed E-state index contributed by atoms with van der Waals surface area (Å²) in [5, 5.41) is 24.4.